The molecule has 1 atom stereocenters. The lowest BCUT2D eigenvalue weighted by molar-refractivity contribution is -0.139. The molecule has 1 aromatic heterocycles. The number of carbonyl (C=O) groups excluding carboxylic acids is 1. The second-order valence-electron chi connectivity index (χ2n) is 4.49. The van der Waals surface area contributed by atoms with E-state index in [0.29, 0.717) is 5.76 Å². The Morgan fingerprint density at radius 2 is 1.90 bits per heavy atom. The number of carboxylic acid groups (broad SMARTS) is 1. The average molecular weight is 288 g/mol. The molecular weight excluding hydrogens is 272 g/mol. The van der Waals surface area contributed by atoms with Gasteiger partial charge in [-0.25, -0.2) is 9.59 Å². The van der Waals surface area contributed by atoms with Crippen LogP contribution in [0.2, 0.25) is 0 Å². The van der Waals surface area contributed by atoms with Crippen LogP contribution >= 0.6 is 0 Å². The van der Waals surface area contributed by atoms with Gasteiger partial charge in [-0.3, -0.25) is 0 Å². The van der Waals surface area contributed by atoms with Crippen LogP contribution in [0.5, 0.6) is 0 Å². The maximum absolute atomic E-state index is 11.7. The topological polar surface area (TPSA) is 91.6 Å². The Morgan fingerprint density at radius 3 is 2.52 bits per heavy atom. The first-order valence-corrected chi connectivity index (χ1v) is 6.48. The van der Waals surface area contributed by atoms with Gasteiger partial charge in [0.2, 0.25) is 0 Å². The van der Waals surface area contributed by atoms with Crippen LogP contribution in [0.4, 0.5) is 4.79 Å². The molecule has 2 rings (SSSR count). The molecular formula is C15H16N2O4. The Kier molecular flexibility index (Phi) is 4.98. The van der Waals surface area contributed by atoms with Crippen molar-refractivity contribution in [1.82, 2.24) is 10.6 Å². The summed E-state index contributed by atoms with van der Waals surface area (Å²) in [6.07, 6.45) is 1.73. The number of hydrogen-bond donors (Lipinski definition) is 3. The predicted octanol–water partition coefficient (Wildman–Crippen LogP) is 1.77. The molecule has 6 nitrogen and oxygen atoms in total. The quantitative estimate of drug-likeness (QED) is 0.755. The number of aliphatic carboxylic acids is 1. The number of urea groups is 1. The standard InChI is InChI=1S/C15H16N2O4/c18-14(19)13(9-11-5-2-1-3-6-11)17-15(20)16-10-12-7-4-8-21-12/h1-8,13H,9-10H2,(H,18,19)(H2,16,17,20)/t13-/m1/s1. The third kappa shape index (κ3) is 4.68. The lowest BCUT2D eigenvalue weighted by atomic mass is 10.1. The molecule has 1 aromatic carbocycles. The van der Waals surface area contributed by atoms with Gasteiger partial charge in [0, 0.05) is 6.42 Å². The molecule has 0 radical (unpaired) electrons. The summed E-state index contributed by atoms with van der Waals surface area (Å²) in [7, 11) is 0. The summed E-state index contributed by atoms with van der Waals surface area (Å²) in [6, 6.07) is 11.0. The van der Waals surface area contributed by atoms with Gasteiger partial charge in [0.1, 0.15) is 11.8 Å². The molecule has 0 unspecified atom stereocenters. The molecule has 0 fully saturated rings. The summed E-state index contributed by atoms with van der Waals surface area (Å²) in [5.41, 5.74) is 0.844. The largest absolute Gasteiger partial charge is 0.480 e. The van der Waals surface area contributed by atoms with Gasteiger partial charge in [-0.05, 0) is 17.7 Å². The molecule has 1 heterocycles. The fraction of sp³-hybridized carbons (Fsp3) is 0.200. The Hall–Kier alpha value is -2.76. The first-order chi connectivity index (χ1) is 10.1. The summed E-state index contributed by atoms with van der Waals surface area (Å²) in [4.78, 5) is 22.9. The van der Waals surface area contributed by atoms with Crippen molar-refractivity contribution in [1.29, 1.82) is 0 Å². The Bertz CT molecular complexity index is 581. The maximum Gasteiger partial charge on any atom is 0.326 e. The first kappa shape index (κ1) is 14.6. The van der Waals surface area contributed by atoms with Crippen molar-refractivity contribution in [2.45, 2.75) is 19.0 Å². The van der Waals surface area contributed by atoms with Gasteiger partial charge in [0.25, 0.3) is 0 Å². The van der Waals surface area contributed by atoms with Crippen molar-refractivity contribution >= 4 is 12.0 Å². The zero-order valence-corrected chi connectivity index (χ0v) is 11.3. The van der Waals surface area contributed by atoms with Crippen molar-refractivity contribution in [3.05, 3.63) is 60.1 Å². The van der Waals surface area contributed by atoms with E-state index in [9.17, 15) is 14.7 Å². The monoisotopic (exact) mass is 288 g/mol. The van der Waals surface area contributed by atoms with Crippen LogP contribution < -0.4 is 10.6 Å². The SMILES string of the molecule is O=C(NCc1ccco1)N[C@H](Cc1ccccc1)C(=O)O. The first-order valence-electron chi connectivity index (χ1n) is 6.48. The zero-order chi connectivity index (χ0) is 15.1. The van der Waals surface area contributed by atoms with Crippen LogP contribution in [0, 0.1) is 0 Å². The summed E-state index contributed by atoms with van der Waals surface area (Å²) < 4.78 is 5.07. The van der Waals surface area contributed by atoms with Crippen molar-refractivity contribution in [2.75, 3.05) is 0 Å². The highest BCUT2D eigenvalue weighted by Gasteiger charge is 2.20. The summed E-state index contributed by atoms with van der Waals surface area (Å²) in [5.74, 6) is -0.480. The van der Waals surface area contributed by atoms with Crippen LogP contribution in [-0.4, -0.2) is 23.1 Å². The van der Waals surface area contributed by atoms with Crippen LogP contribution in [0.3, 0.4) is 0 Å². The normalized spacial score (nSPS) is 11.6. The number of hydrogen-bond acceptors (Lipinski definition) is 3. The molecule has 0 aliphatic rings. The highest BCUT2D eigenvalue weighted by atomic mass is 16.4. The van der Waals surface area contributed by atoms with Crippen LogP contribution in [-0.2, 0) is 17.8 Å². The van der Waals surface area contributed by atoms with E-state index in [-0.39, 0.29) is 13.0 Å². The minimum absolute atomic E-state index is 0.205. The van der Waals surface area contributed by atoms with Gasteiger partial charge in [-0.15, -0.1) is 0 Å². The number of carboxylic acids is 1. The number of benzene rings is 1. The van der Waals surface area contributed by atoms with Crippen molar-refractivity contribution in [3.63, 3.8) is 0 Å². The second-order valence-corrected chi connectivity index (χ2v) is 4.49. The highest BCUT2D eigenvalue weighted by Crippen LogP contribution is 2.04. The molecule has 0 bridgehead atoms. The van der Waals surface area contributed by atoms with Gasteiger partial charge >= 0.3 is 12.0 Å². The maximum atomic E-state index is 11.7. The van der Waals surface area contributed by atoms with Crippen molar-refractivity contribution in [2.24, 2.45) is 0 Å². The van der Waals surface area contributed by atoms with Crippen LogP contribution in [0.25, 0.3) is 0 Å². The fourth-order valence-electron chi connectivity index (χ4n) is 1.84. The summed E-state index contributed by atoms with van der Waals surface area (Å²) >= 11 is 0. The molecule has 6 heteroatoms. The van der Waals surface area contributed by atoms with E-state index in [2.05, 4.69) is 10.6 Å². The average Bonchev–Trinajstić information content (AvgIpc) is 2.99. The van der Waals surface area contributed by atoms with E-state index in [4.69, 9.17) is 4.42 Å². The summed E-state index contributed by atoms with van der Waals surface area (Å²) in [5, 5.41) is 14.2. The molecule has 110 valence electrons. The van der Waals surface area contributed by atoms with Crippen LogP contribution in [0.15, 0.2) is 53.1 Å². The third-order valence-corrected chi connectivity index (χ3v) is 2.89. The van der Waals surface area contributed by atoms with Gasteiger partial charge in [0.15, 0.2) is 0 Å². The van der Waals surface area contributed by atoms with E-state index in [1.54, 1.807) is 12.1 Å². The van der Waals surface area contributed by atoms with Gasteiger partial charge in [-0.1, -0.05) is 30.3 Å². The van der Waals surface area contributed by atoms with Crippen molar-refractivity contribution in [3.8, 4) is 0 Å². The van der Waals surface area contributed by atoms with Gasteiger partial charge < -0.3 is 20.2 Å². The van der Waals surface area contributed by atoms with E-state index in [1.807, 2.05) is 30.3 Å². The van der Waals surface area contributed by atoms with E-state index >= 15 is 0 Å². The van der Waals surface area contributed by atoms with Gasteiger partial charge in [0.05, 0.1) is 12.8 Å². The molecule has 0 saturated heterocycles. The molecule has 2 aromatic rings. The Labute approximate surface area is 121 Å². The van der Waals surface area contributed by atoms with E-state index in [1.165, 1.54) is 6.26 Å². The molecule has 3 N–H and O–H groups in total. The van der Waals surface area contributed by atoms with E-state index in [0.717, 1.165) is 5.56 Å². The van der Waals surface area contributed by atoms with E-state index < -0.39 is 18.0 Å². The smallest absolute Gasteiger partial charge is 0.326 e. The third-order valence-electron chi connectivity index (χ3n) is 2.89. The molecule has 2 amide bonds. The minimum Gasteiger partial charge on any atom is -0.480 e. The molecule has 0 saturated carbocycles. The van der Waals surface area contributed by atoms with Gasteiger partial charge in [-0.2, -0.15) is 0 Å². The summed E-state index contributed by atoms with van der Waals surface area (Å²) in [6.45, 7) is 0.205. The minimum atomic E-state index is -1.08. The molecule has 0 aliphatic carbocycles. The van der Waals surface area contributed by atoms with Crippen LogP contribution in [0.1, 0.15) is 11.3 Å². The highest BCUT2D eigenvalue weighted by molar-refractivity contribution is 5.82. The number of amides is 2. The fourth-order valence-corrected chi connectivity index (χ4v) is 1.84. The molecule has 0 aliphatic heterocycles. The molecule has 0 spiro atoms. The Balaban J connectivity index is 1.87. The second kappa shape index (κ2) is 7.14. The lowest BCUT2D eigenvalue weighted by Crippen LogP contribution is -2.46. The molecule has 21 heavy (non-hydrogen) atoms. The number of rotatable bonds is 6. The number of nitrogens with one attached hydrogen (secondary N) is 2. The number of furan rings is 1. The van der Waals surface area contributed by atoms with Crippen molar-refractivity contribution < 1.29 is 19.1 Å². The lowest BCUT2D eigenvalue weighted by Gasteiger charge is -2.15. The number of carbonyl (C=O) groups is 2. The zero-order valence-electron chi connectivity index (χ0n) is 11.3. The predicted molar refractivity (Wildman–Crippen MR) is 75.6 cm³/mol. The Morgan fingerprint density at radius 1 is 1.14 bits per heavy atom.